The van der Waals surface area contributed by atoms with Gasteiger partial charge >= 0.3 is 35.8 Å². The number of esters is 3. The van der Waals surface area contributed by atoms with Crippen molar-refractivity contribution in [3.63, 3.8) is 0 Å². The molecule has 0 bridgehead atoms. The van der Waals surface area contributed by atoms with Crippen molar-refractivity contribution in [2.24, 2.45) is 0 Å². The van der Waals surface area contributed by atoms with Crippen LogP contribution in [0.2, 0.25) is 0 Å². The molecule has 1 saturated heterocycles. The Morgan fingerprint density at radius 3 is 1.45 bits per heavy atom. The van der Waals surface area contributed by atoms with Gasteiger partial charge in [-0.25, -0.2) is 28.8 Å². The highest BCUT2D eigenvalue weighted by Gasteiger charge is 2.50. The lowest BCUT2D eigenvalue weighted by molar-refractivity contribution is -0.193. The van der Waals surface area contributed by atoms with Crippen molar-refractivity contribution in [1.82, 2.24) is 0 Å². The molecule has 0 saturated carbocycles. The first kappa shape index (κ1) is 32.5. The second-order valence-corrected chi connectivity index (χ2v) is 7.52. The Labute approximate surface area is 209 Å². The standard InChI is InChI=1S/C18H24O20/c19-1-3(36-16(32)8(23)5(20)13(26)27)11-12(38-18(34)10(25)7(22)15(30)31)4(2-35-11)37-17(33)9(24)6(21)14(28)29/h3-12,19-25H,1-2H2,(H,26,27)(H,28,29)(H,30,31)/t3-,4+,5?,6?,7?,8?,9?,10?,11-,12-/m1/s1. The summed E-state index contributed by atoms with van der Waals surface area (Å²) in [6.07, 6.45) is -24.1. The number of ether oxygens (including phenoxy) is 4. The molecule has 1 rings (SSSR count). The van der Waals surface area contributed by atoms with Gasteiger partial charge in [0.25, 0.3) is 0 Å². The van der Waals surface area contributed by atoms with Gasteiger partial charge in [0.05, 0.1) is 13.2 Å². The Hall–Kier alpha value is -3.50. The molecule has 0 amide bonds. The zero-order valence-corrected chi connectivity index (χ0v) is 18.7. The van der Waals surface area contributed by atoms with Crippen LogP contribution >= 0.6 is 0 Å². The summed E-state index contributed by atoms with van der Waals surface area (Å²) >= 11 is 0. The molecule has 1 heterocycles. The number of carbonyl (C=O) groups excluding carboxylic acids is 3. The van der Waals surface area contributed by atoms with E-state index in [1.165, 1.54) is 0 Å². The van der Waals surface area contributed by atoms with Crippen LogP contribution in [0, 0.1) is 0 Å². The molecule has 0 aromatic rings. The zero-order valence-electron chi connectivity index (χ0n) is 18.7. The summed E-state index contributed by atoms with van der Waals surface area (Å²) in [6.45, 7) is -2.07. The fourth-order valence-electron chi connectivity index (χ4n) is 2.81. The van der Waals surface area contributed by atoms with Crippen LogP contribution in [0.25, 0.3) is 0 Å². The van der Waals surface area contributed by atoms with Gasteiger partial charge < -0.3 is 70.0 Å². The third-order valence-corrected chi connectivity index (χ3v) is 4.86. The highest BCUT2D eigenvalue weighted by Crippen LogP contribution is 2.27. The van der Waals surface area contributed by atoms with Gasteiger partial charge in [0.15, 0.2) is 54.9 Å². The summed E-state index contributed by atoms with van der Waals surface area (Å²) in [5.74, 6) is -11.7. The van der Waals surface area contributed by atoms with E-state index in [1.54, 1.807) is 0 Å². The maximum Gasteiger partial charge on any atom is 0.338 e. The largest absolute Gasteiger partial charge is 0.479 e. The highest BCUT2D eigenvalue weighted by atomic mass is 16.7. The second-order valence-electron chi connectivity index (χ2n) is 7.52. The first-order valence-electron chi connectivity index (χ1n) is 10.2. The van der Waals surface area contributed by atoms with E-state index in [2.05, 4.69) is 4.74 Å². The van der Waals surface area contributed by atoms with Crippen LogP contribution in [0.5, 0.6) is 0 Å². The Morgan fingerprint density at radius 1 is 0.658 bits per heavy atom. The van der Waals surface area contributed by atoms with Gasteiger partial charge in [-0.1, -0.05) is 0 Å². The number of carboxylic acid groups (broad SMARTS) is 3. The van der Waals surface area contributed by atoms with Crippen molar-refractivity contribution in [2.75, 3.05) is 13.2 Å². The second kappa shape index (κ2) is 13.9. The van der Waals surface area contributed by atoms with Crippen molar-refractivity contribution < 1.29 is 98.8 Å². The van der Waals surface area contributed by atoms with E-state index in [0.29, 0.717) is 0 Å². The van der Waals surface area contributed by atoms with E-state index >= 15 is 0 Å². The summed E-state index contributed by atoms with van der Waals surface area (Å²) in [6, 6.07) is 0. The summed E-state index contributed by atoms with van der Waals surface area (Å²) in [4.78, 5) is 68.5. The van der Waals surface area contributed by atoms with Gasteiger partial charge in [-0.05, 0) is 0 Å². The Balaban J connectivity index is 3.22. The van der Waals surface area contributed by atoms with Gasteiger partial charge in [0, 0.05) is 0 Å². The molecule has 10 atom stereocenters. The number of carbonyl (C=O) groups is 6. The lowest BCUT2D eigenvalue weighted by Crippen LogP contribution is -2.51. The monoisotopic (exact) mass is 560 g/mol. The van der Waals surface area contributed by atoms with Gasteiger partial charge in [0.2, 0.25) is 0 Å². The van der Waals surface area contributed by atoms with Crippen LogP contribution in [0.3, 0.4) is 0 Å². The third-order valence-electron chi connectivity index (χ3n) is 4.86. The lowest BCUT2D eigenvalue weighted by atomic mass is 10.1. The van der Waals surface area contributed by atoms with Crippen molar-refractivity contribution in [3.05, 3.63) is 0 Å². The van der Waals surface area contributed by atoms with Gasteiger partial charge in [-0.2, -0.15) is 0 Å². The highest BCUT2D eigenvalue weighted by molar-refractivity contribution is 5.86. The van der Waals surface area contributed by atoms with Crippen LogP contribution in [0.1, 0.15) is 0 Å². The topological polar surface area (TPSA) is 342 Å². The predicted octanol–water partition coefficient (Wildman–Crippen LogP) is -7.47. The maximum absolute atomic E-state index is 12.2. The van der Waals surface area contributed by atoms with Gasteiger partial charge in [-0.15, -0.1) is 0 Å². The van der Waals surface area contributed by atoms with E-state index in [9.17, 15) is 64.5 Å². The molecular weight excluding hydrogens is 536 g/mol. The fraction of sp³-hybridized carbons (Fsp3) is 0.667. The average molecular weight is 560 g/mol. The van der Waals surface area contributed by atoms with Crippen molar-refractivity contribution in [3.8, 4) is 0 Å². The molecule has 1 aliphatic rings. The molecule has 0 aliphatic carbocycles. The summed E-state index contributed by atoms with van der Waals surface area (Å²) in [5.41, 5.74) is 0. The van der Waals surface area contributed by atoms with Crippen LogP contribution in [0.15, 0.2) is 0 Å². The summed E-state index contributed by atoms with van der Waals surface area (Å²) < 4.78 is 19.3. The molecule has 0 aromatic heterocycles. The molecule has 216 valence electrons. The number of carboxylic acids is 3. The number of hydrogen-bond donors (Lipinski definition) is 10. The molecule has 0 spiro atoms. The average Bonchev–Trinajstić information content (AvgIpc) is 3.24. The number of aliphatic hydroxyl groups is 7. The van der Waals surface area contributed by atoms with Crippen molar-refractivity contribution in [2.45, 2.75) is 61.0 Å². The smallest absolute Gasteiger partial charge is 0.338 e. The van der Waals surface area contributed by atoms with Crippen molar-refractivity contribution in [1.29, 1.82) is 0 Å². The predicted molar refractivity (Wildman–Crippen MR) is 105 cm³/mol. The normalized spacial score (nSPS) is 24.6. The van der Waals surface area contributed by atoms with Crippen molar-refractivity contribution >= 4 is 35.8 Å². The maximum atomic E-state index is 12.2. The third kappa shape index (κ3) is 8.00. The SMILES string of the molecule is O=C(O)C(O)C(O)C(=O)O[C@H]1[C@@H]([C@@H](CO)OC(=O)C(O)C(O)C(=O)O)OC[C@@H]1OC(=O)C(O)C(O)C(=O)O. The van der Waals surface area contributed by atoms with Crippen LogP contribution < -0.4 is 0 Å². The molecule has 38 heavy (non-hydrogen) atoms. The molecule has 0 radical (unpaired) electrons. The van der Waals surface area contributed by atoms with E-state index in [-0.39, 0.29) is 0 Å². The number of rotatable bonds is 14. The van der Waals surface area contributed by atoms with E-state index in [4.69, 9.17) is 29.5 Å². The molecular formula is C18H24O20. The molecule has 0 aromatic carbocycles. The molecule has 20 heteroatoms. The van der Waals surface area contributed by atoms with Crippen LogP contribution in [-0.2, 0) is 47.7 Å². The summed E-state index contributed by atoms with van der Waals surface area (Å²) in [5, 5.41) is 92.4. The quantitative estimate of drug-likeness (QED) is 0.0696. The van der Waals surface area contributed by atoms with E-state index < -0.39 is 110 Å². The number of aliphatic carboxylic acids is 3. The van der Waals surface area contributed by atoms with Gasteiger partial charge in [0.1, 0.15) is 6.10 Å². The van der Waals surface area contributed by atoms with E-state index in [1.807, 2.05) is 0 Å². The Morgan fingerprint density at radius 2 is 1.05 bits per heavy atom. The van der Waals surface area contributed by atoms with Crippen LogP contribution in [-0.4, -0.2) is 161 Å². The van der Waals surface area contributed by atoms with E-state index in [0.717, 1.165) is 0 Å². The summed E-state index contributed by atoms with van der Waals surface area (Å²) in [7, 11) is 0. The molecule has 1 aliphatic heterocycles. The Bertz CT molecular complexity index is 902. The lowest BCUT2D eigenvalue weighted by Gasteiger charge is -2.29. The first-order valence-corrected chi connectivity index (χ1v) is 10.2. The van der Waals surface area contributed by atoms with Gasteiger partial charge in [-0.3, -0.25) is 0 Å². The molecule has 1 fully saturated rings. The minimum Gasteiger partial charge on any atom is -0.479 e. The number of hydrogen-bond acceptors (Lipinski definition) is 17. The molecule has 10 N–H and O–H groups in total. The fourth-order valence-corrected chi connectivity index (χ4v) is 2.81. The number of aliphatic hydroxyl groups excluding tert-OH is 7. The van der Waals surface area contributed by atoms with Crippen LogP contribution in [0.4, 0.5) is 0 Å². The zero-order chi connectivity index (χ0) is 29.5. The molecule has 6 unspecified atom stereocenters. The molecule has 20 nitrogen and oxygen atoms in total. The Kier molecular flexibility index (Phi) is 11.9. The minimum atomic E-state index is -2.76. The first-order chi connectivity index (χ1) is 17.5. The minimum absolute atomic E-state index is 0.837.